The summed E-state index contributed by atoms with van der Waals surface area (Å²) in [5.41, 5.74) is 6.73. The summed E-state index contributed by atoms with van der Waals surface area (Å²) in [6.45, 7) is 4.82. The van der Waals surface area contributed by atoms with Gasteiger partial charge in [-0.25, -0.2) is 15.0 Å². The molecule has 6 heteroatoms. The van der Waals surface area contributed by atoms with Gasteiger partial charge in [0.1, 0.15) is 5.65 Å². The van der Waals surface area contributed by atoms with E-state index in [1.807, 2.05) is 24.4 Å². The molecule has 0 radical (unpaired) electrons. The SMILES string of the molecule is Cc1nc2ccccn2c1CN1CCc2nc(-c3ccncc3)ncc2C1. The standard InChI is InChI=1S/C21H20N6/c1-15-19(27-10-3-2-4-20(27)24-15)14-26-11-7-18-17(13-26)12-23-21(25-18)16-5-8-22-9-6-16/h2-6,8-10,12H,7,11,13-14H2,1H3. The minimum absolute atomic E-state index is 0.780. The van der Waals surface area contributed by atoms with Crippen molar-refractivity contribution in [3.63, 3.8) is 0 Å². The van der Waals surface area contributed by atoms with Crippen LogP contribution in [-0.4, -0.2) is 35.8 Å². The molecule has 0 unspecified atom stereocenters. The molecule has 134 valence electrons. The average molecular weight is 356 g/mol. The molecular weight excluding hydrogens is 336 g/mol. The molecule has 0 saturated carbocycles. The molecule has 0 saturated heterocycles. The largest absolute Gasteiger partial charge is 0.302 e. The van der Waals surface area contributed by atoms with Crippen LogP contribution in [-0.2, 0) is 19.5 Å². The van der Waals surface area contributed by atoms with E-state index in [-0.39, 0.29) is 0 Å². The summed E-state index contributed by atoms with van der Waals surface area (Å²) in [7, 11) is 0. The first-order chi connectivity index (χ1) is 13.3. The number of rotatable bonds is 3. The third-order valence-corrected chi connectivity index (χ3v) is 5.15. The first-order valence-electron chi connectivity index (χ1n) is 9.18. The smallest absolute Gasteiger partial charge is 0.159 e. The van der Waals surface area contributed by atoms with Crippen molar-refractivity contribution in [2.75, 3.05) is 6.54 Å². The molecule has 0 atom stereocenters. The number of imidazole rings is 1. The van der Waals surface area contributed by atoms with Crippen LogP contribution in [0, 0.1) is 6.92 Å². The van der Waals surface area contributed by atoms with E-state index in [1.165, 1.54) is 11.3 Å². The lowest BCUT2D eigenvalue weighted by molar-refractivity contribution is 0.239. The quantitative estimate of drug-likeness (QED) is 0.565. The van der Waals surface area contributed by atoms with Crippen molar-refractivity contribution >= 4 is 5.65 Å². The first-order valence-corrected chi connectivity index (χ1v) is 9.18. The molecule has 1 aliphatic heterocycles. The molecule has 0 aliphatic carbocycles. The molecule has 0 aromatic carbocycles. The summed E-state index contributed by atoms with van der Waals surface area (Å²) in [6, 6.07) is 10.0. The molecule has 5 rings (SSSR count). The van der Waals surface area contributed by atoms with Gasteiger partial charge < -0.3 is 4.40 Å². The molecule has 6 nitrogen and oxygen atoms in total. The van der Waals surface area contributed by atoms with Crippen molar-refractivity contribution in [2.45, 2.75) is 26.4 Å². The fourth-order valence-corrected chi connectivity index (χ4v) is 3.72. The Kier molecular flexibility index (Phi) is 3.90. The lowest BCUT2D eigenvalue weighted by Crippen LogP contribution is -2.31. The summed E-state index contributed by atoms with van der Waals surface area (Å²) in [5.74, 6) is 0.780. The van der Waals surface area contributed by atoms with Crippen LogP contribution in [0.5, 0.6) is 0 Å². The van der Waals surface area contributed by atoms with Gasteiger partial charge in [-0.1, -0.05) is 6.07 Å². The van der Waals surface area contributed by atoms with Gasteiger partial charge in [0.2, 0.25) is 0 Å². The Morgan fingerprint density at radius 2 is 1.96 bits per heavy atom. The van der Waals surface area contributed by atoms with Gasteiger partial charge in [-0.3, -0.25) is 9.88 Å². The third-order valence-electron chi connectivity index (χ3n) is 5.15. The number of aromatic nitrogens is 5. The maximum Gasteiger partial charge on any atom is 0.159 e. The highest BCUT2D eigenvalue weighted by molar-refractivity contribution is 5.54. The Hall–Kier alpha value is -3.12. The molecule has 0 N–H and O–H groups in total. The molecule has 4 aromatic rings. The Labute approximate surface area is 157 Å². The number of pyridine rings is 2. The fourth-order valence-electron chi connectivity index (χ4n) is 3.72. The van der Waals surface area contributed by atoms with Gasteiger partial charge in [-0.15, -0.1) is 0 Å². The minimum atomic E-state index is 0.780. The Bertz CT molecular complexity index is 1100. The second kappa shape index (κ2) is 6.55. The van der Waals surface area contributed by atoms with E-state index < -0.39 is 0 Å². The second-order valence-electron chi connectivity index (χ2n) is 6.93. The lowest BCUT2D eigenvalue weighted by atomic mass is 10.1. The van der Waals surface area contributed by atoms with Crippen LogP contribution >= 0.6 is 0 Å². The monoisotopic (exact) mass is 356 g/mol. The topological polar surface area (TPSA) is 59.2 Å². The van der Waals surface area contributed by atoms with Gasteiger partial charge in [0.25, 0.3) is 0 Å². The molecule has 1 aliphatic rings. The molecule has 0 spiro atoms. The zero-order valence-electron chi connectivity index (χ0n) is 15.2. The van der Waals surface area contributed by atoms with Crippen LogP contribution in [0.25, 0.3) is 17.0 Å². The van der Waals surface area contributed by atoms with Crippen LogP contribution in [0.3, 0.4) is 0 Å². The van der Waals surface area contributed by atoms with Crippen molar-refractivity contribution in [3.05, 3.63) is 77.8 Å². The average Bonchev–Trinajstić information content (AvgIpc) is 3.03. The zero-order chi connectivity index (χ0) is 18.2. The van der Waals surface area contributed by atoms with E-state index in [4.69, 9.17) is 4.98 Å². The van der Waals surface area contributed by atoms with Gasteiger partial charge >= 0.3 is 0 Å². The Balaban J connectivity index is 1.39. The Morgan fingerprint density at radius 3 is 2.85 bits per heavy atom. The van der Waals surface area contributed by atoms with E-state index in [1.54, 1.807) is 12.4 Å². The number of aryl methyl sites for hydroxylation is 1. The van der Waals surface area contributed by atoms with Gasteiger partial charge in [-0.2, -0.15) is 0 Å². The highest BCUT2D eigenvalue weighted by Gasteiger charge is 2.21. The first kappa shape index (κ1) is 16.1. The summed E-state index contributed by atoms with van der Waals surface area (Å²) >= 11 is 0. The second-order valence-corrected chi connectivity index (χ2v) is 6.93. The Morgan fingerprint density at radius 1 is 1.07 bits per heavy atom. The summed E-state index contributed by atoms with van der Waals surface area (Å²) in [5, 5.41) is 0. The minimum Gasteiger partial charge on any atom is -0.302 e. The third kappa shape index (κ3) is 2.98. The van der Waals surface area contributed by atoms with Crippen LogP contribution in [0.4, 0.5) is 0 Å². The predicted molar refractivity (Wildman–Crippen MR) is 103 cm³/mol. The van der Waals surface area contributed by atoms with Crippen LogP contribution < -0.4 is 0 Å². The van der Waals surface area contributed by atoms with E-state index in [0.717, 1.165) is 54.5 Å². The van der Waals surface area contributed by atoms with Gasteiger partial charge in [-0.05, 0) is 31.2 Å². The van der Waals surface area contributed by atoms with Crippen molar-refractivity contribution in [1.82, 2.24) is 29.2 Å². The van der Waals surface area contributed by atoms with Crippen molar-refractivity contribution in [1.29, 1.82) is 0 Å². The maximum absolute atomic E-state index is 4.80. The van der Waals surface area contributed by atoms with Crippen molar-refractivity contribution < 1.29 is 0 Å². The number of fused-ring (bicyclic) bond motifs is 2. The summed E-state index contributed by atoms with van der Waals surface area (Å²) < 4.78 is 2.19. The van der Waals surface area contributed by atoms with Crippen LogP contribution in [0.2, 0.25) is 0 Å². The van der Waals surface area contributed by atoms with Gasteiger partial charge in [0, 0.05) is 62.0 Å². The fraction of sp³-hybridized carbons (Fsp3) is 0.238. The van der Waals surface area contributed by atoms with Gasteiger partial charge in [0.15, 0.2) is 5.82 Å². The van der Waals surface area contributed by atoms with E-state index in [2.05, 4.69) is 49.5 Å². The molecular formula is C21H20N6. The zero-order valence-corrected chi connectivity index (χ0v) is 15.2. The summed E-state index contributed by atoms with van der Waals surface area (Å²) in [4.78, 5) is 20.6. The molecule has 4 aromatic heterocycles. The van der Waals surface area contributed by atoms with E-state index in [0.29, 0.717) is 0 Å². The molecule has 0 amide bonds. The highest BCUT2D eigenvalue weighted by atomic mass is 15.2. The van der Waals surface area contributed by atoms with E-state index in [9.17, 15) is 0 Å². The van der Waals surface area contributed by atoms with Crippen LogP contribution in [0.1, 0.15) is 22.6 Å². The molecule has 5 heterocycles. The number of nitrogens with zero attached hydrogens (tertiary/aromatic N) is 6. The lowest BCUT2D eigenvalue weighted by Gasteiger charge is -2.28. The van der Waals surface area contributed by atoms with Crippen molar-refractivity contribution in [3.8, 4) is 11.4 Å². The highest BCUT2D eigenvalue weighted by Crippen LogP contribution is 2.23. The predicted octanol–water partition coefficient (Wildman–Crippen LogP) is 3.05. The normalized spacial score (nSPS) is 14.4. The molecule has 27 heavy (non-hydrogen) atoms. The molecule has 0 bridgehead atoms. The maximum atomic E-state index is 4.80. The number of hydrogen-bond acceptors (Lipinski definition) is 5. The number of hydrogen-bond donors (Lipinski definition) is 0. The van der Waals surface area contributed by atoms with Crippen molar-refractivity contribution in [2.24, 2.45) is 0 Å². The summed E-state index contributed by atoms with van der Waals surface area (Å²) in [6.07, 6.45) is 8.56. The van der Waals surface area contributed by atoms with Gasteiger partial charge in [0.05, 0.1) is 17.1 Å². The van der Waals surface area contributed by atoms with Crippen LogP contribution in [0.15, 0.2) is 55.1 Å². The molecule has 0 fully saturated rings. The van der Waals surface area contributed by atoms with E-state index >= 15 is 0 Å².